The van der Waals surface area contributed by atoms with Crippen LogP contribution < -0.4 is 15.6 Å². The van der Waals surface area contributed by atoms with Crippen LogP contribution in [-0.4, -0.2) is 24.9 Å². The second kappa shape index (κ2) is 8.43. The van der Waals surface area contributed by atoms with Gasteiger partial charge in [0.05, 0.1) is 16.1 Å². The van der Waals surface area contributed by atoms with Crippen molar-refractivity contribution >= 4 is 21.6 Å². The highest BCUT2D eigenvalue weighted by molar-refractivity contribution is 7.89. The molecule has 0 aliphatic heterocycles. The molecule has 0 atom stereocenters. The minimum absolute atomic E-state index is 0.0692. The number of rotatable bonds is 7. The van der Waals surface area contributed by atoms with Crippen molar-refractivity contribution in [2.45, 2.75) is 75.8 Å². The van der Waals surface area contributed by atoms with E-state index in [9.17, 15) is 13.2 Å². The number of nitrogens with zero attached hydrogens (tertiary/aromatic N) is 1. The number of aromatic nitrogens is 1. The van der Waals surface area contributed by atoms with Gasteiger partial charge in [-0.15, -0.1) is 0 Å². The molecule has 2 aromatic rings. The second-order valence-electron chi connectivity index (χ2n) is 8.45. The summed E-state index contributed by atoms with van der Waals surface area (Å²) in [6.45, 7) is 4.06. The first-order valence-electron chi connectivity index (χ1n) is 10.7. The van der Waals surface area contributed by atoms with Crippen molar-refractivity contribution < 1.29 is 13.2 Å². The van der Waals surface area contributed by atoms with Crippen molar-refractivity contribution in [3.05, 3.63) is 47.3 Å². The van der Waals surface area contributed by atoms with E-state index >= 15 is 0 Å². The van der Waals surface area contributed by atoms with Gasteiger partial charge in [-0.2, -0.15) is 0 Å². The molecule has 2 saturated carbocycles. The normalized spacial score (nSPS) is 17.7. The maximum atomic E-state index is 12.7. The number of benzene rings is 1. The molecule has 1 aromatic carbocycles. The lowest BCUT2D eigenvalue weighted by Gasteiger charge is -2.26. The van der Waals surface area contributed by atoms with E-state index in [1.165, 1.54) is 44.2 Å². The smallest absolute Gasteiger partial charge is 0.271 e. The summed E-state index contributed by atoms with van der Waals surface area (Å²) in [6.07, 6.45) is 7.91. The van der Waals surface area contributed by atoms with Crippen molar-refractivity contribution in [1.82, 2.24) is 14.7 Å². The lowest BCUT2D eigenvalue weighted by Crippen LogP contribution is -2.30. The van der Waals surface area contributed by atoms with E-state index in [1.54, 1.807) is 12.1 Å². The molecule has 2 aliphatic rings. The molecule has 3 N–H and O–H groups in total. The van der Waals surface area contributed by atoms with Gasteiger partial charge in [0, 0.05) is 23.5 Å². The number of hydrogen-bond acceptors (Lipinski definition) is 4. The number of hydrogen-bond donors (Lipinski definition) is 3. The van der Waals surface area contributed by atoms with E-state index in [2.05, 4.69) is 27.1 Å². The summed E-state index contributed by atoms with van der Waals surface area (Å²) in [6, 6.07) is 8.86. The Labute approximate surface area is 178 Å². The van der Waals surface area contributed by atoms with E-state index in [1.807, 2.05) is 13.0 Å². The zero-order valence-corrected chi connectivity index (χ0v) is 18.4. The molecule has 0 spiro atoms. The number of sulfonamides is 1. The topological polar surface area (TPSA) is 92.2 Å². The fourth-order valence-electron chi connectivity index (χ4n) is 4.31. The molecular weight excluding hydrogens is 400 g/mol. The van der Waals surface area contributed by atoms with Gasteiger partial charge in [-0.25, -0.2) is 13.1 Å². The maximum absolute atomic E-state index is 12.7. The lowest BCUT2D eigenvalue weighted by atomic mass is 9.95. The van der Waals surface area contributed by atoms with Crippen molar-refractivity contribution in [2.75, 3.05) is 5.43 Å². The van der Waals surface area contributed by atoms with E-state index in [0.717, 1.165) is 24.2 Å². The van der Waals surface area contributed by atoms with Gasteiger partial charge >= 0.3 is 0 Å². The van der Waals surface area contributed by atoms with Crippen LogP contribution in [0.15, 0.2) is 35.2 Å². The standard InChI is InChI=1S/C22H30N4O3S/c1-15-14-21(16(2)26(15)19-6-4-3-5-7-19)22(27)24-23-17-10-12-20(13-11-17)30(28,29)25-18-8-9-18/h10-14,18-19,23,25H,3-9H2,1-2H3,(H,24,27). The van der Waals surface area contributed by atoms with E-state index < -0.39 is 10.0 Å². The van der Waals surface area contributed by atoms with Gasteiger partial charge in [-0.05, 0) is 69.9 Å². The Morgan fingerprint density at radius 1 is 1.00 bits per heavy atom. The largest absolute Gasteiger partial charge is 0.345 e. The third-order valence-electron chi connectivity index (χ3n) is 6.05. The highest BCUT2D eigenvalue weighted by atomic mass is 32.2. The molecule has 1 amide bonds. The van der Waals surface area contributed by atoms with Crippen molar-refractivity contribution in [3.8, 4) is 0 Å². The van der Waals surface area contributed by atoms with Gasteiger partial charge in [-0.1, -0.05) is 19.3 Å². The molecule has 0 bridgehead atoms. The summed E-state index contributed by atoms with van der Waals surface area (Å²) in [5.41, 5.74) is 9.01. The Balaban J connectivity index is 1.40. The Kier molecular flexibility index (Phi) is 5.88. The van der Waals surface area contributed by atoms with E-state index in [0.29, 0.717) is 17.3 Å². The molecule has 0 unspecified atom stereocenters. The molecule has 2 aliphatic carbocycles. The van der Waals surface area contributed by atoms with Crippen LogP contribution in [0.1, 0.15) is 72.7 Å². The summed E-state index contributed by atoms with van der Waals surface area (Å²) in [4.78, 5) is 13.0. The highest BCUT2D eigenvalue weighted by Gasteiger charge is 2.28. The maximum Gasteiger partial charge on any atom is 0.271 e. The van der Waals surface area contributed by atoms with Crippen LogP contribution in [0.4, 0.5) is 5.69 Å². The van der Waals surface area contributed by atoms with Crippen LogP contribution in [0, 0.1) is 13.8 Å². The summed E-state index contributed by atoms with van der Waals surface area (Å²) < 4.78 is 29.5. The average Bonchev–Trinajstić information content (AvgIpc) is 3.49. The van der Waals surface area contributed by atoms with Gasteiger partial charge in [0.25, 0.3) is 5.91 Å². The number of amides is 1. The van der Waals surface area contributed by atoms with Crippen LogP contribution in [0.2, 0.25) is 0 Å². The minimum Gasteiger partial charge on any atom is -0.345 e. The number of anilines is 1. The molecule has 7 nitrogen and oxygen atoms in total. The molecule has 8 heteroatoms. The summed E-state index contributed by atoms with van der Waals surface area (Å²) >= 11 is 0. The first-order valence-corrected chi connectivity index (χ1v) is 12.2. The number of carbonyl (C=O) groups is 1. The average molecular weight is 431 g/mol. The molecule has 1 heterocycles. The zero-order chi connectivity index (χ0) is 21.3. The van der Waals surface area contributed by atoms with E-state index in [4.69, 9.17) is 0 Å². The summed E-state index contributed by atoms with van der Waals surface area (Å²) in [5, 5.41) is 0. The Morgan fingerprint density at radius 2 is 1.67 bits per heavy atom. The fourth-order valence-corrected chi connectivity index (χ4v) is 5.62. The number of hydrazine groups is 1. The second-order valence-corrected chi connectivity index (χ2v) is 10.2. The molecule has 4 rings (SSSR count). The lowest BCUT2D eigenvalue weighted by molar-refractivity contribution is 0.0961. The predicted octanol–water partition coefficient (Wildman–Crippen LogP) is 3.81. The van der Waals surface area contributed by atoms with Gasteiger partial charge in [-0.3, -0.25) is 15.6 Å². The van der Waals surface area contributed by atoms with Gasteiger partial charge in [0.1, 0.15) is 0 Å². The van der Waals surface area contributed by atoms with Crippen LogP contribution >= 0.6 is 0 Å². The monoisotopic (exact) mass is 430 g/mol. The third kappa shape index (κ3) is 4.54. The first-order chi connectivity index (χ1) is 14.3. The van der Waals surface area contributed by atoms with Crippen LogP contribution in [0.25, 0.3) is 0 Å². The Morgan fingerprint density at radius 3 is 2.30 bits per heavy atom. The first kappa shape index (κ1) is 20.9. The highest BCUT2D eigenvalue weighted by Crippen LogP contribution is 2.32. The van der Waals surface area contributed by atoms with Crippen LogP contribution in [0.5, 0.6) is 0 Å². The number of aryl methyl sites for hydroxylation is 1. The number of nitrogens with one attached hydrogen (secondary N) is 3. The van der Waals surface area contributed by atoms with Crippen molar-refractivity contribution in [2.24, 2.45) is 0 Å². The molecule has 30 heavy (non-hydrogen) atoms. The van der Waals surface area contributed by atoms with Crippen molar-refractivity contribution in [1.29, 1.82) is 0 Å². The SMILES string of the molecule is Cc1cc(C(=O)NNc2ccc(S(=O)(=O)NC3CC3)cc2)c(C)n1C1CCCCC1. The molecule has 1 aromatic heterocycles. The van der Waals surface area contributed by atoms with Crippen LogP contribution in [0.3, 0.4) is 0 Å². The van der Waals surface area contributed by atoms with Crippen molar-refractivity contribution in [3.63, 3.8) is 0 Å². The Bertz CT molecular complexity index is 1020. The van der Waals surface area contributed by atoms with Gasteiger partial charge in [0.15, 0.2) is 0 Å². The quantitative estimate of drug-likeness (QED) is 0.583. The fraction of sp³-hybridized carbons (Fsp3) is 0.500. The molecule has 0 saturated heterocycles. The Hall–Kier alpha value is -2.32. The predicted molar refractivity (Wildman–Crippen MR) is 117 cm³/mol. The summed E-state index contributed by atoms with van der Waals surface area (Å²) in [7, 11) is -3.47. The molecule has 162 valence electrons. The van der Waals surface area contributed by atoms with E-state index in [-0.39, 0.29) is 16.8 Å². The van der Waals surface area contributed by atoms with Crippen LogP contribution in [-0.2, 0) is 10.0 Å². The molecule has 2 fully saturated rings. The number of carbonyl (C=O) groups excluding carboxylic acids is 1. The minimum atomic E-state index is -3.47. The molecule has 0 radical (unpaired) electrons. The summed E-state index contributed by atoms with van der Waals surface area (Å²) in [5.74, 6) is -0.197. The van der Waals surface area contributed by atoms with Gasteiger partial charge < -0.3 is 4.57 Å². The van der Waals surface area contributed by atoms with Gasteiger partial charge in [0.2, 0.25) is 10.0 Å². The zero-order valence-electron chi connectivity index (χ0n) is 17.6. The third-order valence-corrected chi connectivity index (χ3v) is 7.59. The molecular formula is C22H30N4O3S.